The van der Waals surface area contributed by atoms with Gasteiger partial charge in [0.05, 0.1) is 11.7 Å². The molecule has 0 spiro atoms. The number of benzene rings is 1. The molecule has 1 heterocycles. The lowest BCUT2D eigenvalue weighted by atomic mass is 10.0. The van der Waals surface area contributed by atoms with Crippen LogP contribution in [0.3, 0.4) is 0 Å². The molecule has 0 aliphatic carbocycles. The molecule has 0 saturated carbocycles. The van der Waals surface area contributed by atoms with Gasteiger partial charge in [-0.1, -0.05) is 0 Å². The van der Waals surface area contributed by atoms with Crippen molar-refractivity contribution in [3.8, 4) is 0 Å². The van der Waals surface area contributed by atoms with Crippen molar-refractivity contribution < 1.29 is 18.3 Å². The Morgan fingerprint density at radius 3 is 2.33 bits per heavy atom. The SMILES string of the molecule is OC(Cc1sccc1Br)c1c(F)cc(F)cc1F. The van der Waals surface area contributed by atoms with Crippen molar-refractivity contribution in [1.82, 2.24) is 0 Å². The average Bonchev–Trinajstić information content (AvgIpc) is 2.62. The molecule has 6 heteroatoms. The third kappa shape index (κ3) is 2.76. The summed E-state index contributed by atoms with van der Waals surface area (Å²) in [6, 6.07) is 2.90. The van der Waals surface area contributed by atoms with E-state index in [1.165, 1.54) is 11.3 Å². The van der Waals surface area contributed by atoms with Crippen molar-refractivity contribution >= 4 is 27.3 Å². The molecule has 1 atom stereocenters. The van der Waals surface area contributed by atoms with Gasteiger partial charge in [-0.2, -0.15) is 0 Å². The first kappa shape index (κ1) is 13.6. The van der Waals surface area contributed by atoms with Crippen LogP contribution in [0.4, 0.5) is 13.2 Å². The molecule has 1 aromatic carbocycles. The first-order valence-electron chi connectivity index (χ1n) is 5.03. The van der Waals surface area contributed by atoms with Gasteiger partial charge in [-0.15, -0.1) is 11.3 Å². The van der Waals surface area contributed by atoms with Crippen LogP contribution < -0.4 is 0 Å². The largest absolute Gasteiger partial charge is 0.388 e. The van der Waals surface area contributed by atoms with E-state index in [2.05, 4.69) is 15.9 Å². The summed E-state index contributed by atoms with van der Waals surface area (Å²) < 4.78 is 40.4. The van der Waals surface area contributed by atoms with E-state index in [1.807, 2.05) is 0 Å². The van der Waals surface area contributed by atoms with E-state index in [-0.39, 0.29) is 6.42 Å². The van der Waals surface area contributed by atoms with Crippen molar-refractivity contribution in [2.45, 2.75) is 12.5 Å². The standard InChI is InChI=1S/C12H8BrF3OS/c13-7-1-2-18-11(7)5-10(17)12-8(15)3-6(14)4-9(12)16/h1-4,10,17H,5H2. The molecule has 2 aromatic rings. The summed E-state index contributed by atoms with van der Waals surface area (Å²) in [4.78, 5) is 0.769. The van der Waals surface area contributed by atoms with Crippen LogP contribution in [-0.2, 0) is 6.42 Å². The summed E-state index contributed by atoms with van der Waals surface area (Å²) in [5.74, 6) is -3.15. The van der Waals surface area contributed by atoms with Crippen LogP contribution in [0.2, 0.25) is 0 Å². The lowest BCUT2D eigenvalue weighted by Gasteiger charge is -2.12. The van der Waals surface area contributed by atoms with E-state index >= 15 is 0 Å². The van der Waals surface area contributed by atoms with Crippen molar-refractivity contribution in [3.63, 3.8) is 0 Å². The van der Waals surface area contributed by atoms with Gasteiger partial charge >= 0.3 is 0 Å². The summed E-state index contributed by atoms with van der Waals surface area (Å²) in [5, 5.41) is 11.6. The van der Waals surface area contributed by atoms with Crippen LogP contribution in [0.5, 0.6) is 0 Å². The van der Waals surface area contributed by atoms with Gasteiger partial charge in [0.25, 0.3) is 0 Å². The van der Waals surface area contributed by atoms with Gasteiger partial charge in [-0.3, -0.25) is 0 Å². The second-order valence-electron chi connectivity index (χ2n) is 3.69. The number of thiophene rings is 1. The smallest absolute Gasteiger partial charge is 0.134 e. The van der Waals surface area contributed by atoms with Gasteiger partial charge in [-0.25, -0.2) is 13.2 Å². The maximum absolute atomic E-state index is 13.4. The van der Waals surface area contributed by atoms with E-state index in [4.69, 9.17) is 0 Å². The first-order chi connectivity index (χ1) is 8.49. The molecule has 96 valence electrons. The van der Waals surface area contributed by atoms with Gasteiger partial charge < -0.3 is 5.11 Å². The van der Waals surface area contributed by atoms with Gasteiger partial charge in [0.1, 0.15) is 17.5 Å². The summed E-state index contributed by atoms with van der Waals surface area (Å²) in [5.41, 5.74) is -0.503. The number of rotatable bonds is 3. The minimum Gasteiger partial charge on any atom is -0.388 e. The minimum atomic E-state index is -1.35. The number of halogens is 4. The molecule has 1 unspecified atom stereocenters. The van der Waals surface area contributed by atoms with E-state index in [0.29, 0.717) is 12.1 Å². The Morgan fingerprint density at radius 1 is 1.22 bits per heavy atom. The average molecular weight is 337 g/mol. The van der Waals surface area contributed by atoms with Gasteiger partial charge in [0, 0.05) is 27.9 Å². The Morgan fingerprint density at radius 2 is 1.83 bits per heavy atom. The Bertz CT molecular complexity index is 547. The van der Waals surface area contributed by atoms with E-state index in [9.17, 15) is 18.3 Å². The number of aliphatic hydroxyl groups is 1. The number of aliphatic hydroxyl groups excluding tert-OH is 1. The normalized spacial score (nSPS) is 12.7. The third-order valence-electron chi connectivity index (χ3n) is 2.45. The van der Waals surface area contributed by atoms with Crippen LogP contribution in [0.15, 0.2) is 28.1 Å². The zero-order valence-corrected chi connectivity index (χ0v) is 11.4. The maximum atomic E-state index is 13.4. The molecular weight excluding hydrogens is 329 g/mol. The quantitative estimate of drug-likeness (QED) is 0.890. The summed E-state index contributed by atoms with van der Waals surface area (Å²) in [6.45, 7) is 0. The third-order valence-corrected chi connectivity index (χ3v) is 4.40. The molecular formula is C12H8BrF3OS. The lowest BCUT2D eigenvalue weighted by molar-refractivity contribution is 0.169. The molecule has 1 aromatic heterocycles. The lowest BCUT2D eigenvalue weighted by Crippen LogP contribution is -2.07. The monoisotopic (exact) mass is 336 g/mol. The molecule has 1 N–H and O–H groups in total. The highest BCUT2D eigenvalue weighted by molar-refractivity contribution is 9.10. The topological polar surface area (TPSA) is 20.2 Å². The predicted molar refractivity (Wildman–Crippen MR) is 67.0 cm³/mol. The van der Waals surface area contributed by atoms with Crippen molar-refractivity contribution in [1.29, 1.82) is 0 Å². The molecule has 0 fully saturated rings. The summed E-state index contributed by atoms with van der Waals surface area (Å²) >= 11 is 4.63. The fraction of sp³-hybridized carbons (Fsp3) is 0.167. The molecule has 0 aliphatic heterocycles. The highest BCUT2D eigenvalue weighted by Crippen LogP contribution is 2.30. The highest BCUT2D eigenvalue weighted by atomic mass is 79.9. The van der Waals surface area contributed by atoms with E-state index < -0.39 is 29.1 Å². The van der Waals surface area contributed by atoms with Crippen LogP contribution in [0.25, 0.3) is 0 Å². The molecule has 18 heavy (non-hydrogen) atoms. The van der Waals surface area contributed by atoms with Gasteiger partial charge in [0.2, 0.25) is 0 Å². The van der Waals surface area contributed by atoms with Crippen molar-refractivity contribution in [2.24, 2.45) is 0 Å². The van der Waals surface area contributed by atoms with Crippen molar-refractivity contribution in [3.05, 3.63) is 55.9 Å². The first-order valence-corrected chi connectivity index (χ1v) is 6.70. The molecule has 0 saturated heterocycles. The fourth-order valence-electron chi connectivity index (χ4n) is 1.62. The van der Waals surface area contributed by atoms with Gasteiger partial charge in [0.15, 0.2) is 0 Å². The molecule has 0 aliphatic rings. The molecule has 0 radical (unpaired) electrons. The van der Waals surface area contributed by atoms with Crippen molar-refractivity contribution in [2.75, 3.05) is 0 Å². The predicted octanol–water partition coefficient (Wildman–Crippen LogP) is 4.20. The Balaban J connectivity index is 2.29. The molecule has 0 amide bonds. The molecule has 2 rings (SSSR count). The fourth-order valence-corrected chi connectivity index (χ4v) is 3.17. The minimum absolute atomic E-state index is 0.0672. The van der Waals surface area contributed by atoms with Crippen LogP contribution in [-0.4, -0.2) is 5.11 Å². The second-order valence-corrected chi connectivity index (χ2v) is 5.55. The Kier molecular flexibility index (Phi) is 4.09. The summed E-state index contributed by atoms with van der Waals surface area (Å²) in [6.07, 6.45) is -1.28. The van der Waals surface area contributed by atoms with Gasteiger partial charge in [-0.05, 0) is 27.4 Å². The van der Waals surface area contributed by atoms with Crippen LogP contribution in [0.1, 0.15) is 16.5 Å². The van der Waals surface area contributed by atoms with E-state index in [0.717, 1.165) is 9.35 Å². The zero-order valence-electron chi connectivity index (χ0n) is 8.96. The second kappa shape index (κ2) is 5.42. The Hall–Kier alpha value is -0.850. The van der Waals surface area contributed by atoms with Crippen LogP contribution >= 0.6 is 27.3 Å². The number of hydrogen-bond donors (Lipinski definition) is 1. The summed E-state index contributed by atoms with van der Waals surface area (Å²) in [7, 11) is 0. The molecule has 0 bridgehead atoms. The maximum Gasteiger partial charge on any atom is 0.134 e. The number of hydrogen-bond acceptors (Lipinski definition) is 2. The van der Waals surface area contributed by atoms with Crippen LogP contribution in [0, 0.1) is 17.5 Å². The van der Waals surface area contributed by atoms with E-state index in [1.54, 1.807) is 11.4 Å². The molecule has 1 nitrogen and oxygen atoms in total. The zero-order chi connectivity index (χ0) is 13.3. The Labute approximate surface area is 114 Å². The highest BCUT2D eigenvalue weighted by Gasteiger charge is 2.21.